The predicted octanol–water partition coefficient (Wildman–Crippen LogP) is 3.43. The molecule has 1 aliphatic heterocycles. The van der Waals surface area contributed by atoms with E-state index in [2.05, 4.69) is 34.9 Å². The zero-order valence-corrected chi connectivity index (χ0v) is 13.9. The number of rotatable bonds is 4. The smallest absolute Gasteiger partial charge is 0.120 e. The van der Waals surface area contributed by atoms with Gasteiger partial charge in [0.15, 0.2) is 0 Å². The summed E-state index contributed by atoms with van der Waals surface area (Å²) in [6.07, 6.45) is 1.10. The van der Waals surface area contributed by atoms with E-state index in [4.69, 9.17) is 0 Å². The highest BCUT2D eigenvalue weighted by atomic mass is 35.5. The lowest BCUT2D eigenvalue weighted by atomic mass is 10.0. The Morgan fingerprint density at radius 1 is 1.00 bits per heavy atom. The Morgan fingerprint density at radius 2 is 1.68 bits per heavy atom. The SMILES string of the molecule is Cl.Cl.Oc1ccccc1CN[C@@H]1CCN[C@@H]1c1ccccc1. The third kappa shape index (κ3) is 4.37. The third-order valence-electron chi connectivity index (χ3n) is 3.93. The van der Waals surface area contributed by atoms with Crippen molar-refractivity contribution in [1.29, 1.82) is 0 Å². The molecule has 5 heteroatoms. The van der Waals surface area contributed by atoms with Gasteiger partial charge in [0.25, 0.3) is 0 Å². The van der Waals surface area contributed by atoms with E-state index in [1.54, 1.807) is 6.07 Å². The fourth-order valence-corrected chi connectivity index (χ4v) is 2.84. The van der Waals surface area contributed by atoms with E-state index in [1.807, 2.05) is 24.3 Å². The van der Waals surface area contributed by atoms with Crippen molar-refractivity contribution in [1.82, 2.24) is 10.6 Å². The molecule has 0 saturated carbocycles. The highest BCUT2D eigenvalue weighted by molar-refractivity contribution is 5.85. The second-order valence-electron chi connectivity index (χ2n) is 5.25. The molecule has 2 atom stereocenters. The number of para-hydroxylation sites is 1. The van der Waals surface area contributed by atoms with Gasteiger partial charge in [-0.1, -0.05) is 48.5 Å². The molecule has 3 nitrogen and oxygen atoms in total. The average molecular weight is 341 g/mol. The van der Waals surface area contributed by atoms with Crippen LogP contribution in [-0.2, 0) is 6.54 Å². The number of benzene rings is 2. The number of halogens is 2. The first-order valence-electron chi connectivity index (χ1n) is 7.13. The molecule has 0 radical (unpaired) electrons. The molecule has 0 unspecified atom stereocenters. The molecule has 1 aliphatic rings. The fraction of sp³-hybridized carbons (Fsp3) is 0.294. The number of phenolic OH excluding ortho intramolecular Hbond substituents is 1. The third-order valence-corrected chi connectivity index (χ3v) is 3.93. The lowest BCUT2D eigenvalue weighted by Crippen LogP contribution is -2.33. The highest BCUT2D eigenvalue weighted by Gasteiger charge is 2.27. The summed E-state index contributed by atoms with van der Waals surface area (Å²) in [4.78, 5) is 0. The standard InChI is InChI=1S/C17H20N2O.2ClH/c20-16-9-5-4-8-14(16)12-19-15-10-11-18-17(15)13-6-2-1-3-7-13;;/h1-9,15,17-20H,10-12H2;2*1H/t15-,17-;;/m1../s1. The monoisotopic (exact) mass is 340 g/mol. The van der Waals surface area contributed by atoms with Gasteiger partial charge < -0.3 is 15.7 Å². The van der Waals surface area contributed by atoms with E-state index in [0.717, 1.165) is 18.5 Å². The van der Waals surface area contributed by atoms with Crippen molar-refractivity contribution in [2.75, 3.05) is 6.54 Å². The topological polar surface area (TPSA) is 44.3 Å². The average Bonchev–Trinajstić information content (AvgIpc) is 2.96. The maximum Gasteiger partial charge on any atom is 0.120 e. The van der Waals surface area contributed by atoms with Crippen LogP contribution in [0.2, 0.25) is 0 Å². The summed E-state index contributed by atoms with van der Waals surface area (Å²) in [5.41, 5.74) is 2.27. The zero-order chi connectivity index (χ0) is 13.8. The summed E-state index contributed by atoms with van der Waals surface area (Å²) in [5.74, 6) is 0.363. The van der Waals surface area contributed by atoms with Crippen LogP contribution in [0.15, 0.2) is 54.6 Å². The summed E-state index contributed by atoms with van der Waals surface area (Å²) in [5, 5.41) is 16.9. The van der Waals surface area contributed by atoms with E-state index >= 15 is 0 Å². The van der Waals surface area contributed by atoms with Crippen molar-refractivity contribution in [3.63, 3.8) is 0 Å². The van der Waals surface area contributed by atoms with E-state index in [1.165, 1.54) is 5.56 Å². The van der Waals surface area contributed by atoms with E-state index in [9.17, 15) is 5.11 Å². The Balaban J connectivity index is 0.00000121. The molecule has 3 rings (SSSR count). The minimum atomic E-state index is 0. The molecule has 1 fully saturated rings. The molecule has 2 aromatic rings. The Morgan fingerprint density at radius 3 is 2.41 bits per heavy atom. The summed E-state index contributed by atoms with van der Waals surface area (Å²) in [6, 6.07) is 18.8. The van der Waals surface area contributed by atoms with Crippen LogP contribution in [0.3, 0.4) is 0 Å². The Hall–Kier alpha value is -1.26. The normalized spacial score (nSPS) is 20.0. The molecule has 0 amide bonds. The van der Waals surface area contributed by atoms with Gasteiger partial charge in [0, 0.05) is 24.2 Å². The van der Waals surface area contributed by atoms with Crippen molar-refractivity contribution in [2.45, 2.75) is 25.0 Å². The van der Waals surface area contributed by atoms with Gasteiger partial charge in [-0.15, -0.1) is 24.8 Å². The lowest BCUT2D eigenvalue weighted by Gasteiger charge is -2.21. The van der Waals surface area contributed by atoms with Gasteiger partial charge in [-0.2, -0.15) is 0 Å². The Kier molecular flexibility index (Phi) is 7.69. The predicted molar refractivity (Wildman–Crippen MR) is 95.0 cm³/mol. The van der Waals surface area contributed by atoms with Crippen LogP contribution in [0.4, 0.5) is 0 Å². The molecule has 0 spiro atoms. The van der Waals surface area contributed by atoms with E-state index < -0.39 is 0 Å². The number of hydrogen-bond acceptors (Lipinski definition) is 3. The van der Waals surface area contributed by atoms with Crippen molar-refractivity contribution in [3.8, 4) is 5.75 Å². The van der Waals surface area contributed by atoms with Crippen LogP contribution in [-0.4, -0.2) is 17.7 Å². The lowest BCUT2D eigenvalue weighted by molar-refractivity contribution is 0.439. The van der Waals surface area contributed by atoms with Gasteiger partial charge >= 0.3 is 0 Å². The first-order chi connectivity index (χ1) is 9.84. The number of phenols is 1. The Bertz CT molecular complexity index is 566. The zero-order valence-electron chi connectivity index (χ0n) is 12.2. The van der Waals surface area contributed by atoms with Crippen molar-refractivity contribution in [3.05, 3.63) is 65.7 Å². The molecule has 0 aliphatic carbocycles. The van der Waals surface area contributed by atoms with Crippen LogP contribution in [0.5, 0.6) is 5.75 Å². The first kappa shape index (κ1) is 18.8. The molecule has 3 N–H and O–H groups in total. The van der Waals surface area contributed by atoms with Gasteiger partial charge in [-0.25, -0.2) is 0 Å². The number of hydrogen-bond donors (Lipinski definition) is 3. The van der Waals surface area contributed by atoms with Gasteiger partial charge in [0.05, 0.1) is 0 Å². The molecule has 22 heavy (non-hydrogen) atoms. The van der Waals surface area contributed by atoms with Crippen LogP contribution in [0, 0.1) is 0 Å². The Labute approximate surface area is 144 Å². The second-order valence-corrected chi connectivity index (χ2v) is 5.25. The van der Waals surface area contributed by atoms with Gasteiger partial charge in [0.1, 0.15) is 5.75 Å². The van der Waals surface area contributed by atoms with Gasteiger partial charge in [0.2, 0.25) is 0 Å². The minimum absolute atomic E-state index is 0. The maximum absolute atomic E-state index is 9.81. The number of aromatic hydroxyl groups is 1. The van der Waals surface area contributed by atoms with Crippen LogP contribution >= 0.6 is 24.8 Å². The van der Waals surface area contributed by atoms with Crippen LogP contribution < -0.4 is 10.6 Å². The van der Waals surface area contributed by atoms with Crippen LogP contribution in [0.1, 0.15) is 23.6 Å². The fourth-order valence-electron chi connectivity index (χ4n) is 2.84. The molecule has 0 bridgehead atoms. The van der Waals surface area contributed by atoms with Crippen LogP contribution in [0.25, 0.3) is 0 Å². The molecule has 120 valence electrons. The summed E-state index contributed by atoms with van der Waals surface area (Å²) in [7, 11) is 0. The summed E-state index contributed by atoms with van der Waals surface area (Å²) >= 11 is 0. The molecule has 1 saturated heterocycles. The van der Waals surface area contributed by atoms with Crippen molar-refractivity contribution < 1.29 is 5.11 Å². The quantitative estimate of drug-likeness (QED) is 0.798. The van der Waals surface area contributed by atoms with Gasteiger partial charge in [-0.05, 0) is 24.6 Å². The first-order valence-corrected chi connectivity index (χ1v) is 7.13. The summed E-state index contributed by atoms with van der Waals surface area (Å²) < 4.78 is 0. The molecule has 1 heterocycles. The van der Waals surface area contributed by atoms with Gasteiger partial charge in [-0.3, -0.25) is 0 Å². The molecular formula is C17H22Cl2N2O. The molecule has 0 aromatic heterocycles. The minimum Gasteiger partial charge on any atom is -0.508 e. The summed E-state index contributed by atoms with van der Waals surface area (Å²) in [6.45, 7) is 1.72. The second kappa shape index (κ2) is 9.01. The van der Waals surface area contributed by atoms with E-state index in [-0.39, 0.29) is 24.8 Å². The van der Waals surface area contributed by atoms with Crippen molar-refractivity contribution >= 4 is 24.8 Å². The van der Waals surface area contributed by atoms with Crippen molar-refractivity contribution in [2.24, 2.45) is 0 Å². The molecular weight excluding hydrogens is 319 g/mol. The largest absolute Gasteiger partial charge is 0.508 e. The number of nitrogens with one attached hydrogen (secondary N) is 2. The molecule has 2 aromatic carbocycles. The van der Waals surface area contributed by atoms with E-state index in [0.29, 0.717) is 24.4 Å². The maximum atomic E-state index is 9.81. The highest BCUT2D eigenvalue weighted by Crippen LogP contribution is 2.24.